The summed E-state index contributed by atoms with van der Waals surface area (Å²) in [6.45, 7) is 4.67. The van der Waals surface area contributed by atoms with Gasteiger partial charge in [-0.15, -0.1) is 0 Å². The summed E-state index contributed by atoms with van der Waals surface area (Å²) in [5, 5.41) is 20.2. The quantitative estimate of drug-likeness (QED) is 0.149. The number of halogens is 3. The number of hydrogen-bond acceptors (Lipinski definition) is 8. The average Bonchev–Trinajstić information content (AvgIpc) is 3.74. The van der Waals surface area contributed by atoms with Crippen molar-refractivity contribution >= 4 is 45.3 Å². The fourth-order valence-corrected chi connectivity index (χ4v) is 8.41. The van der Waals surface area contributed by atoms with Crippen LogP contribution in [-0.2, 0) is 23.1 Å². The van der Waals surface area contributed by atoms with E-state index in [1.165, 1.54) is 4.57 Å². The van der Waals surface area contributed by atoms with E-state index in [2.05, 4.69) is 44.8 Å². The second-order valence-corrected chi connectivity index (χ2v) is 15.2. The molecule has 0 radical (unpaired) electrons. The van der Waals surface area contributed by atoms with Crippen LogP contribution in [0.4, 0.5) is 18.9 Å². The Balaban J connectivity index is 0.822. The van der Waals surface area contributed by atoms with Crippen LogP contribution in [-0.4, -0.2) is 85.9 Å². The minimum absolute atomic E-state index is 0.124. The number of carbonyl (C=O) groups is 3. The number of phenolic OH excluding ortho intramolecular Hbond substituents is 1. The molecule has 2 aliphatic heterocycles. The molecule has 5 aromatic rings. The number of phenols is 1. The highest BCUT2D eigenvalue weighted by Crippen LogP contribution is 2.34. The van der Waals surface area contributed by atoms with Gasteiger partial charge in [0.2, 0.25) is 17.6 Å². The van der Waals surface area contributed by atoms with Gasteiger partial charge in [-0.1, -0.05) is 6.07 Å². The Kier molecular flexibility index (Phi) is 10.1. The molecule has 8 rings (SSSR count). The van der Waals surface area contributed by atoms with Crippen molar-refractivity contribution in [3.8, 4) is 5.75 Å². The van der Waals surface area contributed by atoms with Crippen molar-refractivity contribution in [2.45, 2.75) is 57.0 Å². The number of carbonyl (C=O) groups excluding carboxylic acids is 3. The van der Waals surface area contributed by atoms with Gasteiger partial charge in [-0.2, -0.15) is 9.49 Å². The molecule has 1 saturated carbocycles. The fraction of sp³-hybridized carbons (Fsp3) is 0.425. The number of nitrogens with zero attached hydrogens (tertiary/aromatic N) is 6. The Labute approximate surface area is 319 Å². The monoisotopic (exact) mass is 772 g/mol. The van der Waals surface area contributed by atoms with Gasteiger partial charge >= 0.3 is 5.69 Å². The van der Waals surface area contributed by atoms with Gasteiger partial charge in [-0.25, -0.2) is 13.6 Å². The Morgan fingerprint density at radius 1 is 0.929 bits per heavy atom. The van der Waals surface area contributed by atoms with Gasteiger partial charge in [-0.3, -0.25) is 38.4 Å². The third-order valence-electron chi connectivity index (χ3n) is 11.8. The van der Waals surface area contributed by atoms with Crippen LogP contribution in [0.25, 0.3) is 21.9 Å². The highest BCUT2D eigenvalue weighted by Gasteiger charge is 2.32. The number of rotatable bonds is 9. The third kappa shape index (κ3) is 7.13. The van der Waals surface area contributed by atoms with Crippen molar-refractivity contribution in [2.75, 3.05) is 44.2 Å². The molecule has 0 spiro atoms. The molecule has 294 valence electrons. The SMILES string of the molecule is Cn1c(=O)n([C@@H]2CCC(=O)NC2=O)c2ccc(CCN3CCN(c4ccc5cn(C6CCC(CNC(=O)c7cc(F)c(O)c(F)c7F)CC6)nc5c4)CC3)cc21. The smallest absolute Gasteiger partial charge is 0.329 e. The second kappa shape index (κ2) is 15.1. The number of aromatic hydroxyl groups is 1. The Bertz CT molecular complexity index is 2410. The predicted octanol–water partition coefficient (Wildman–Crippen LogP) is 4.32. The highest BCUT2D eigenvalue weighted by atomic mass is 19.2. The van der Waals surface area contributed by atoms with E-state index in [1.54, 1.807) is 11.6 Å². The van der Waals surface area contributed by atoms with Crippen LogP contribution in [0.15, 0.2) is 53.5 Å². The average molecular weight is 773 g/mol. The van der Waals surface area contributed by atoms with E-state index in [0.29, 0.717) is 18.0 Å². The Morgan fingerprint density at radius 2 is 1.70 bits per heavy atom. The lowest BCUT2D eigenvalue weighted by Crippen LogP contribution is -2.47. The summed E-state index contributed by atoms with van der Waals surface area (Å²) in [7, 11) is 1.71. The molecule has 1 atom stereocenters. The number of fused-ring (bicyclic) bond motifs is 2. The van der Waals surface area contributed by atoms with Crippen LogP contribution < -0.4 is 21.2 Å². The maximum absolute atomic E-state index is 14.1. The van der Waals surface area contributed by atoms with Crippen molar-refractivity contribution in [1.29, 1.82) is 0 Å². The molecule has 3 aromatic carbocycles. The number of hydrogen-bond donors (Lipinski definition) is 3. The number of aromatic nitrogens is 4. The van der Waals surface area contributed by atoms with E-state index in [-0.39, 0.29) is 36.5 Å². The van der Waals surface area contributed by atoms with Crippen molar-refractivity contribution in [3.05, 3.63) is 87.7 Å². The standard InChI is InChI=1S/C40H43F3N8O5/c1-47-33-18-23(4-9-31(33)51(40(47)56)32-10-11-34(52)45-39(32)55)12-13-48-14-16-49(17-15-48)27-8-5-25-22-50(46-30(25)19-27)26-6-2-24(3-7-26)21-44-38(54)28-20-29(41)37(53)36(43)35(28)42/h4-5,8-9,18-20,22,24,26,32,53H,2-3,6-7,10-17,21H2,1H3,(H,44,54)(H,45,52,55)/t24?,26?,32-/m1/s1. The number of benzene rings is 3. The molecule has 56 heavy (non-hydrogen) atoms. The maximum atomic E-state index is 14.1. The summed E-state index contributed by atoms with van der Waals surface area (Å²) in [4.78, 5) is 54.6. The van der Waals surface area contributed by atoms with Crippen molar-refractivity contribution in [1.82, 2.24) is 34.4 Å². The largest absolute Gasteiger partial charge is 0.503 e. The number of aryl methyl sites for hydroxylation is 1. The lowest BCUT2D eigenvalue weighted by molar-refractivity contribution is -0.135. The van der Waals surface area contributed by atoms with Gasteiger partial charge in [0, 0.05) is 70.0 Å². The number of piperidine rings is 1. The molecule has 16 heteroatoms. The van der Waals surface area contributed by atoms with Crippen molar-refractivity contribution in [2.24, 2.45) is 13.0 Å². The first kappa shape index (κ1) is 37.3. The van der Waals surface area contributed by atoms with Gasteiger partial charge in [0.05, 0.1) is 28.2 Å². The summed E-state index contributed by atoms with van der Waals surface area (Å²) in [6.07, 6.45) is 6.65. The number of nitrogens with one attached hydrogen (secondary N) is 2. The van der Waals surface area contributed by atoms with Crippen LogP contribution >= 0.6 is 0 Å². The van der Waals surface area contributed by atoms with Crippen LogP contribution in [0.1, 0.15) is 66.5 Å². The van der Waals surface area contributed by atoms with Gasteiger partial charge < -0.3 is 15.3 Å². The van der Waals surface area contributed by atoms with Crippen molar-refractivity contribution in [3.63, 3.8) is 0 Å². The zero-order chi connectivity index (χ0) is 39.2. The topological polar surface area (TPSA) is 147 Å². The van der Waals surface area contributed by atoms with E-state index < -0.39 is 46.6 Å². The van der Waals surface area contributed by atoms with Crippen molar-refractivity contribution < 1.29 is 32.7 Å². The summed E-state index contributed by atoms with van der Waals surface area (Å²) < 4.78 is 46.6. The molecule has 3 N–H and O–H groups in total. The van der Waals surface area contributed by atoms with Crippen LogP contribution in [0.2, 0.25) is 0 Å². The lowest BCUT2D eigenvalue weighted by atomic mass is 9.86. The van der Waals surface area contributed by atoms with Gasteiger partial charge in [-0.05, 0) is 86.4 Å². The number of imidazole rings is 1. The van der Waals surface area contributed by atoms with E-state index in [4.69, 9.17) is 5.10 Å². The number of imide groups is 1. The molecule has 0 unspecified atom stereocenters. The molecule has 13 nitrogen and oxygen atoms in total. The Hall–Kier alpha value is -5.64. The first-order valence-corrected chi connectivity index (χ1v) is 19.1. The molecule has 2 aromatic heterocycles. The molecule has 1 aliphatic carbocycles. The van der Waals surface area contributed by atoms with E-state index in [1.807, 2.05) is 22.9 Å². The first-order chi connectivity index (χ1) is 26.9. The molecule has 3 fully saturated rings. The number of piperazine rings is 1. The minimum Gasteiger partial charge on any atom is -0.503 e. The normalized spacial score (nSPS) is 20.9. The zero-order valence-electron chi connectivity index (χ0n) is 30.9. The second-order valence-electron chi connectivity index (χ2n) is 15.2. The van der Waals surface area contributed by atoms with E-state index >= 15 is 0 Å². The van der Waals surface area contributed by atoms with E-state index in [0.717, 1.165) is 92.5 Å². The molecule has 4 heterocycles. The van der Waals surface area contributed by atoms with Crippen LogP contribution in [0.5, 0.6) is 5.75 Å². The molecule has 0 bridgehead atoms. The first-order valence-electron chi connectivity index (χ1n) is 19.1. The van der Waals surface area contributed by atoms with Crippen LogP contribution in [0, 0.1) is 23.4 Å². The van der Waals surface area contributed by atoms with Gasteiger partial charge in [0.1, 0.15) is 6.04 Å². The summed E-state index contributed by atoms with van der Waals surface area (Å²) in [5.74, 6) is -7.76. The predicted molar refractivity (Wildman–Crippen MR) is 202 cm³/mol. The third-order valence-corrected chi connectivity index (χ3v) is 11.8. The summed E-state index contributed by atoms with van der Waals surface area (Å²) >= 11 is 0. The molecular formula is C40H43F3N8O5. The molecule has 3 amide bonds. The summed E-state index contributed by atoms with van der Waals surface area (Å²) in [6, 6.07) is 12.3. The number of amides is 3. The molecule has 2 saturated heterocycles. The lowest BCUT2D eigenvalue weighted by Gasteiger charge is -2.36. The highest BCUT2D eigenvalue weighted by molar-refractivity contribution is 6.00. The molecule has 3 aliphatic rings. The van der Waals surface area contributed by atoms with Gasteiger partial charge in [0.15, 0.2) is 17.4 Å². The fourth-order valence-electron chi connectivity index (χ4n) is 8.41. The minimum atomic E-state index is -1.78. The van der Waals surface area contributed by atoms with E-state index in [9.17, 15) is 37.5 Å². The van der Waals surface area contributed by atoms with Gasteiger partial charge in [0.25, 0.3) is 5.91 Å². The summed E-state index contributed by atoms with van der Waals surface area (Å²) in [5.41, 5.74) is 3.55. The van der Waals surface area contributed by atoms with Crippen LogP contribution in [0.3, 0.4) is 0 Å². The Morgan fingerprint density at radius 3 is 2.45 bits per heavy atom. The maximum Gasteiger partial charge on any atom is 0.329 e. The zero-order valence-corrected chi connectivity index (χ0v) is 30.9. The number of anilines is 1. The molecular weight excluding hydrogens is 729 g/mol.